The summed E-state index contributed by atoms with van der Waals surface area (Å²) in [7, 11) is 0. The van der Waals surface area contributed by atoms with E-state index in [9.17, 15) is 4.79 Å². The van der Waals surface area contributed by atoms with Crippen molar-refractivity contribution in [1.82, 2.24) is 5.32 Å². The van der Waals surface area contributed by atoms with Gasteiger partial charge in [0, 0.05) is 5.69 Å². The van der Waals surface area contributed by atoms with E-state index in [4.69, 9.17) is 0 Å². The normalized spacial score (nSPS) is 24.5. The number of anilines is 1. The number of hydrogen-bond acceptors (Lipinski definition) is 2. The number of rotatable bonds is 2. The zero-order valence-corrected chi connectivity index (χ0v) is 9.91. The zero-order valence-electron chi connectivity index (χ0n) is 9.91. The highest BCUT2D eigenvalue weighted by molar-refractivity contribution is 6.02. The van der Waals surface area contributed by atoms with E-state index in [1.54, 1.807) is 0 Å². The first kappa shape index (κ1) is 10.8. The molecule has 1 amide bonds. The van der Waals surface area contributed by atoms with E-state index in [2.05, 4.69) is 16.7 Å². The van der Waals surface area contributed by atoms with Crippen LogP contribution in [0.1, 0.15) is 30.7 Å². The second-order valence-electron chi connectivity index (χ2n) is 5.06. The SMILES string of the molecule is O=C1Nc2ccccc2[C@H]1CC1CCNCC1. The molecule has 0 saturated carbocycles. The van der Waals surface area contributed by atoms with E-state index < -0.39 is 0 Å². The van der Waals surface area contributed by atoms with Gasteiger partial charge in [-0.3, -0.25) is 4.79 Å². The predicted octanol–water partition coefficient (Wildman–Crippen LogP) is 2.11. The van der Waals surface area contributed by atoms with Crippen LogP contribution < -0.4 is 10.6 Å². The van der Waals surface area contributed by atoms with Crippen LogP contribution >= 0.6 is 0 Å². The Labute approximate surface area is 102 Å². The van der Waals surface area contributed by atoms with E-state index in [1.807, 2.05) is 18.2 Å². The molecule has 2 aliphatic heterocycles. The molecule has 90 valence electrons. The van der Waals surface area contributed by atoms with Crippen molar-refractivity contribution in [1.29, 1.82) is 0 Å². The van der Waals surface area contributed by atoms with Crippen LogP contribution in [0, 0.1) is 5.92 Å². The quantitative estimate of drug-likeness (QED) is 0.817. The number of nitrogens with one attached hydrogen (secondary N) is 2. The molecule has 3 nitrogen and oxygen atoms in total. The topological polar surface area (TPSA) is 41.1 Å². The van der Waals surface area contributed by atoms with Crippen molar-refractivity contribution in [2.75, 3.05) is 18.4 Å². The minimum Gasteiger partial charge on any atom is -0.325 e. The minimum atomic E-state index is 0.0781. The summed E-state index contributed by atoms with van der Waals surface area (Å²) in [5, 5.41) is 6.35. The number of hydrogen-bond donors (Lipinski definition) is 2. The van der Waals surface area contributed by atoms with Gasteiger partial charge in [0.1, 0.15) is 0 Å². The Balaban J connectivity index is 1.76. The average Bonchev–Trinajstić information content (AvgIpc) is 2.68. The van der Waals surface area contributed by atoms with Crippen molar-refractivity contribution in [2.24, 2.45) is 5.92 Å². The summed E-state index contributed by atoms with van der Waals surface area (Å²) in [5.41, 5.74) is 2.20. The molecule has 1 atom stereocenters. The summed E-state index contributed by atoms with van der Waals surface area (Å²) >= 11 is 0. The minimum absolute atomic E-state index is 0.0781. The highest BCUT2D eigenvalue weighted by Crippen LogP contribution is 2.37. The largest absolute Gasteiger partial charge is 0.325 e. The standard InChI is InChI=1S/C14H18N2O/c17-14-12(9-10-5-7-15-8-6-10)11-3-1-2-4-13(11)16-14/h1-4,10,12,15H,5-9H2,(H,16,17)/t12-/m1/s1. The van der Waals surface area contributed by atoms with E-state index in [0.29, 0.717) is 5.92 Å². The summed E-state index contributed by atoms with van der Waals surface area (Å²) in [6, 6.07) is 8.08. The molecule has 1 saturated heterocycles. The van der Waals surface area contributed by atoms with Gasteiger partial charge in [0.2, 0.25) is 5.91 Å². The third kappa shape index (κ3) is 2.07. The predicted molar refractivity (Wildman–Crippen MR) is 68.0 cm³/mol. The molecule has 2 N–H and O–H groups in total. The highest BCUT2D eigenvalue weighted by Gasteiger charge is 2.32. The van der Waals surface area contributed by atoms with Gasteiger partial charge in [-0.2, -0.15) is 0 Å². The van der Waals surface area contributed by atoms with Crippen molar-refractivity contribution >= 4 is 11.6 Å². The van der Waals surface area contributed by atoms with Crippen LogP contribution in [0.4, 0.5) is 5.69 Å². The molecule has 3 heteroatoms. The highest BCUT2D eigenvalue weighted by atomic mass is 16.2. The van der Waals surface area contributed by atoms with Crippen LogP contribution in [-0.2, 0) is 4.79 Å². The van der Waals surface area contributed by atoms with Crippen molar-refractivity contribution in [2.45, 2.75) is 25.2 Å². The molecule has 1 fully saturated rings. The number of carbonyl (C=O) groups is 1. The number of piperidine rings is 1. The van der Waals surface area contributed by atoms with Gasteiger partial charge in [0.15, 0.2) is 0 Å². The average molecular weight is 230 g/mol. The van der Waals surface area contributed by atoms with Gasteiger partial charge in [-0.1, -0.05) is 18.2 Å². The molecule has 0 aliphatic carbocycles. The van der Waals surface area contributed by atoms with Gasteiger partial charge < -0.3 is 10.6 Å². The first-order valence-corrected chi connectivity index (χ1v) is 6.45. The van der Waals surface area contributed by atoms with Crippen molar-refractivity contribution in [3.63, 3.8) is 0 Å². The fourth-order valence-corrected chi connectivity index (χ4v) is 2.96. The molecular formula is C14H18N2O. The second-order valence-corrected chi connectivity index (χ2v) is 5.06. The third-order valence-electron chi connectivity index (χ3n) is 3.94. The summed E-state index contributed by atoms with van der Waals surface area (Å²) in [6.07, 6.45) is 3.41. The fraction of sp³-hybridized carbons (Fsp3) is 0.500. The summed E-state index contributed by atoms with van der Waals surface area (Å²) < 4.78 is 0. The Kier molecular flexibility index (Phi) is 2.85. The Bertz CT molecular complexity index is 424. The van der Waals surface area contributed by atoms with E-state index in [0.717, 1.165) is 25.2 Å². The molecule has 0 unspecified atom stereocenters. The van der Waals surface area contributed by atoms with Crippen LogP contribution in [0.3, 0.4) is 0 Å². The van der Waals surface area contributed by atoms with Gasteiger partial charge in [0.05, 0.1) is 5.92 Å². The van der Waals surface area contributed by atoms with Gasteiger partial charge in [0.25, 0.3) is 0 Å². The van der Waals surface area contributed by atoms with Crippen LogP contribution in [0.2, 0.25) is 0 Å². The van der Waals surface area contributed by atoms with Gasteiger partial charge in [-0.15, -0.1) is 0 Å². The van der Waals surface area contributed by atoms with E-state index in [1.165, 1.54) is 18.4 Å². The number of carbonyl (C=O) groups excluding carboxylic acids is 1. The summed E-state index contributed by atoms with van der Waals surface area (Å²) in [6.45, 7) is 2.20. The summed E-state index contributed by atoms with van der Waals surface area (Å²) in [4.78, 5) is 12.0. The van der Waals surface area contributed by atoms with Crippen LogP contribution in [0.5, 0.6) is 0 Å². The van der Waals surface area contributed by atoms with E-state index in [-0.39, 0.29) is 11.8 Å². The molecule has 2 heterocycles. The second kappa shape index (κ2) is 4.49. The maximum atomic E-state index is 12.0. The van der Waals surface area contributed by atoms with Gasteiger partial charge in [-0.25, -0.2) is 0 Å². The van der Waals surface area contributed by atoms with Crippen molar-refractivity contribution < 1.29 is 4.79 Å². The zero-order chi connectivity index (χ0) is 11.7. The van der Waals surface area contributed by atoms with Crippen molar-refractivity contribution in [3.8, 4) is 0 Å². The Morgan fingerprint density at radius 3 is 2.76 bits per heavy atom. The third-order valence-corrected chi connectivity index (χ3v) is 3.94. The molecule has 0 radical (unpaired) electrons. The maximum Gasteiger partial charge on any atom is 0.232 e. The lowest BCUT2D eigenvalue weighted by Gasteiger charge is -2.24. The van der Waals surface area contributed by atoms with Crippen LogP contribution in [0.25, 0.3) is 0 Å². The number of fused-ring (bicyclic) bond motifs is 1. The van der Waals surface area contributed by atoms with Gasteiger partial charge in [-0.05, 0) is 49.9 Å². The Morgan fingerprint density at radius 2 is 1.94 bits per heavy atom. The lowest BCUT2D eigenvalue weighted by molar-refractivity contribution is -0.117. The molecular weight excluding hydrogens is 212 g/mol. The molecule has 1 aromatic carbocycles. The van der Waals surface area contributed by atoms with Crippen molar-refractivity contribution in [3.05, 3.63) is 29.8 Å². The van der Waals surface area contributed by atoms with Crippen LogP contribution in [-0.4, -0.2) is 19.0 Å². The molecule has 1 aromatic rings. The summed E-state index contributed by atoms with van der Waals surface area (Å²) in [5.74, 6) is 0.956. The van der Waals surface area contributed by atoms with E-state index >= 15 is 0 Å². The van der Waals surface area contributed by atoms with Crippen LogP contribution in [0.15, 0.2) is 24.3 Å². The number of para-hydroxylation sites is 1. The molecule has 0 bridgehead atoms. The molecule has 0 aromatic heterocycles. The lowest BCUT2D eigenvalue weighted by Crippen LogP contribution is -2.29. The molecule has 0 spiro atoms. The Hall–Kier alpha value is -1.35. The van der Waals surface area contributed by atoms with Gasteiger partial charge >= 0.3 is 0 Å². The monoisotopic (exact) mass is 230 g/mol. The Morgan fingerprint density at radius 1 is 1.18 bits per heavy atom. The molecule has 3 rings (SSSR count). The number of benzene rings is 1. The fourth-order valence-electron chi connectivity index (χ4n) is 2.96. The first-order valence-electron chi connectivity index (χ1n) is 6.45. The smallest absolute Gasteiger partial charge is 0.232 e. The maximum absolute atomic E-state index is 12.0. The lowest BCUT2D eigenvalue weighted by atomic mass is 9.85. The first-order chi connectivity index (χ1) is 8.34. The number of amides is 1. The molecule has 17 heavy (non-hydrogen) atoms. The molecule has 2 aliphatic rings.